The van der Waals surface area contributed by atoms with Gasteiger partial charge in [-0.05, 0) is 86.0 Å². The van der Waals surface area contributed by atoms with Crippen LogP contribution in [0.3, 0.4) is 0 Å². The number of benzene rings is 2. The van der Waals surface area contributed by atoms with Gasteiger partial charge in [0.05, 0.1) is 43.9 Å². The number of ether oxygens (including phenoxy) is 2. The number of Topliss-reactive ketones (excluding diaryl/α,β-unsaturated/α-hetero) is 1. The first kappa shape index (κ1) is 30.7. The summed E-state index contributed by atoms with van der Waals surface area (Å²) >= 11 is 2.98. The van der Waals surface area contributed by atoms with E-state index < -0.39 is 0 Å². The van der Waals surface area contributed by atoms with E-state index in [1.807, 2.05) is 56.7 Å². The van der Waals surface area contributed by atoms with E-state index in [-0.39, 0.29) is 12.2 Å². The Morgan fingerprint density at radius 3 is 2.17 bits per heavy atom. The van der Waals surface area contributed by atoms with Gasteiger partial charge in [-0.1, -0.05) is 23.5 Å². The standard InChI is InChI=1S/C16H16N4OS.C15H16N2O2S/c1-10-6-11(8-12(7-10)21-2)15-13(9-18-20-15)14-4-5-17-16(19-14)22-3;1-10-6-11(8-13(7-10)19-2)14(18)9-12-4-5-16-15(17-12)20-3/h4-9H,1-3H3,(H,18,20);4-8H,9H2,1-3H3. The van der Waals surface area contributed by atoms with E-state index in [1.54, 1.807) is 44.9 Å². The minimum atomic E-state index is 0.0257. The predicted octanol–water partition coefficient (Wildman–Crippen LogP) is 6.51. The van der Waals surface area contributed by atoms with Crippen molar-refractivity contribution in [1.82, 2.24) is 30.1 Å². The molecule has 5 rings (SSSR count). The fraction of sp³-hybridized carbons (Fsp3) is 0.226. The smallest absolute Gasteiger partial charge is 0.187 e. The molecule has 0 saturated heterocycles. The number of thioether (sulfide) groups is 2. The number of methoxy groups -OCH3 is 2. The highest BCUT2D eigenvalue weighted by molar-refractivity contribution is 7.98. The number of aryl methyl sites for hydroxylation is 2. The van der Waals surface area contributed by atoms with Crippen molar-refractivity contribution in [2.75, 3.05) is 26.7 Å². The minimum Gasteiger partial charge on any atom is -0.497 e. The Kier molecular flexibility index (Phi) is 10.7. The molecule has 0 saturated carbocycles. The van der Waals surface area contributed by atoms with Gasteiger partial charge < -0.3 is 9.47 Å². The first-order valence-corrected chi connectivity index (χ1v) is 15.4. The van der Waals surface area contributed by atoms with E-state index in [0.717, 1.165) is 50.2 Å². The maximum absolute atomic E-state index is 12.3. The molecular weight excluding hydrogens is 569 g/mol. The van der Waals surface area contributed by atoms with Crippen molar-refractivity contribution in [1.29, 1.82) is 0 Å². The summed E-state index contributed by atoms with van der Waals surface area (Å²) in [5.41, 5.74) is 7.25. The zero-order valence-electron chi connectivity index (χ0n) is 24.3. The van der Waals surface area contributed by atoms with E-state index >= 15 is 0 Å². The number of rotatable bonds is 9. The molecule has 11 heteroatoms. The summed E-state index contributed by atoms with van der Waals surface area (Å²) in [6.07, 6.45) is 9.37. The summed E-state index contributed by atoms with van der Waals surface area (Å²) in [6, 6.07) is 15.2. The molecule has 1 N–H and O–H groups in total. The predicted molar refractivity (Wildman–Crippen MR) is 168 cm³/mol. The Labute approximate surface area is 253 Å². The van der Waals surface area contributed by atoms with Gasteiger partial charge in [-0.15, -0.1) is 0 Å². The average Bonchev–Trinajstić information content (AvgIpc) is 3.51. The number of H-pyrrole nitrogens is 1. The summed E-state index contributed by atoms with van der Waals surface area (Å²) in [4.78, 5) is 29.5. The van der Waals surface area contributed by atoms with Crippen molar-refractivity contribution in [3.8, 4) is 34.0 Å². The Morgan fingerprint density at radius 2 is 1.48 bits per heavy atom. The van der Waals surface area contributed by atoms with Gasteiger partial charge in [0.1, 0.15) is 11.5 Å². The van der Waals surface area contributed by atoms with Crippen LogP contribution in [-0.4, -0.2) is 62.6 Å². The summed E-state index contributed by atoms with van der Waals surface area (Å²) < 4.78 is 10.5. The van der Waals surface area contributed by atoms with Crippen LogP contribution in [0.5, 0.6) is 11.5 Å². The van der Waals surface area contributed by atoms with E-state index in [1.165, 1.54) is 23.5 Å². The molecule has 2 aromatic carbocycles. The highest BCUT2D eigenvalue weighted by atomic mass is 32.2. The lowest BCUT2D eigenvalue weighted by atomic mass is 10.0. The summed E-state index contributed by atoms with van der Waals surface area (Å²) in [7, 11) is 3.26. The van der Waals surface area contributed by atoms with Crippen LogP contribution in [0.1, 0.15) is 27.2 Å². The fourth-order valence-electron chi connectivity index (χ4n) is 4.17. The van der Waals surface area contributed by atoms with Crippen LogP contribution >= 0.6 is 23.5 Å². The second-order valence-electron chi connectivity index (χ2n) is 9.20. The number of carbonyl (C=O) groups excluding carboxylic acids is 1. The molecule has 216 valence electrons. The number of nitrogens with one attached hydrogen (secondary N) is 1. The van der Waals surface area contributed by atoms with Crippen LogP contribution < -0.4 is 9.47 Å². The number of hydrogen-bond donors (Lipinski definition) is 1. The van der Waals surface area contributed by atoms with Crippen LogP contribution in [0.25, 0.3) is 22.5 Å². The zero-order chi connectivity index (χ0) is 30.1. The van der Waals surface area contributed by atoms with Gasteiger partial charge in [0.2, 0.25) is 0 Å². The molecule has 0 unspecified atom stereocenters. The van der Waals surface area contributed by atoms with Crippen molar-refractivity contribution < 1.29 is 14.3 Å². The van der Waals surface area contributed by atoms with E-state index in [4.69, 9.17) is 9.47 Å². The van der Waals surface area contributed by atoms with Crippen LogP contribution in [0.15, 0.2) is 77.4 Å². The first-order chi connectivity index (χ1) is 20.3. The topological polar surface area (TPSA) is 116 Å². The Morgan fingerprint density at radius 1 is 0.833 bits per heavy atom. The third kappa shape index (κ3) is 7.95. The van der Waals surface area contributed by atoms with Crippen molar-refractivity contribution in [2.24, 2.45) is 0 Å². The zero-order valence-corrected chi connectivity index (χ0v) is 26.0. The highest BCUT2D eigenvalue weighted by Gasteiger charge is 2.14. The molecule has 0 amide bonds. The Balaban J connectivity index is 0.000000194. The summed E-state index contributed by atoms with van der Waals surface area (Å²) in [5.74, 6) is 1.54. The molecule has 9 nitrogen and oxygen atoms in total. The SMILES string of the molecule is COc1cc(C)cc(-c2[nH]ncc2-c2ccnc(SC)n2)c1.COc1cc(C)cc(C(=O)Cc2ccnc(SC)n2)c1. The van der Waals surface area contributed by atoms with Gasteiger partial charge in [-0.2, -0.15) is 5.10 Å². The molecule has 42 heavy (non-hydrogen) atoms. The normalized spacial score (nSPS) is 10.5. The monoisotopic (exact) mass is 600 g/mol. The molecule has 5 aromatic rings. The maximum atomic E-state index is 12.3. The van der Waals surface area contributed by atoms with Crippen molar-refractivity contribution in [3.63, 3.8) is 0 Å². The molecule has 0 bridgehead atoms. The van der Waals surface area contributed by atoms with Gasteiger partial charge >= 0.3 is 0 Å². The van der Waals surface area contributed by atoms with Gasteiger partial charge in [0.25, 0.3) is 0 Å². The van der Waals surface area contributed by atoms with Crippen molar-refractivity contribution in [3.05, 3.63) is 89.5 Å². The molecule has 0 spiro atoms. The number of nitrogens with zero attached hydrogens (tertiary/aromatic N) is 5. The van der Waals surface area contributed by atoms with Gasteiger partial charge in [0.15, 0.2) is 16.1 Å². The van der Waals surface area contributed by atoms with Gasteiger partial charge in [-0.25, -0.2) is 19.9 Å². The molecule has 0 aliphatic rings. The van der Waals surface area contributed by atoms with Crippen LogP contribution in [-0.2, 0) is 6.42 Å². The molecule has 0 aliphatic heterocycles. The van der Waals surface area contributed by atoms with E-state index in [9.17, 15) is 4.79 Å². The number of hydrogen-bond acceptors (Lipinski definition) is 10. The lowest BCUT2D eigenvalue weighted by molar-refractivity contribution is 0.0991. The molecule has 3 aromatic heterocycles. The molecular formula is C31H32N6O3S2. The molecule has 0 fully saturated rings. The summed E-state index contributed by atoms with van der Waals surface area (Å²) in [5, 5.41) is 8.67. The molecule has 0 aliphatic carbocycles. The first-order valence-electron chi connectivity index (χ1n) is 12.9. The number of carbonyl (C=O) groups is 1. The third-order valence-electron chi connectivity index (χ3n) is 6.13. The Hall–Kier alpha value is -4.22. The maximum Gasteiger partial charge on any atom is 0.187 e. The van der Waals surface area contributed by atoms with Crippen LogP contribution in [0.4, 0.5) is 0 Å². The number of aromatic amines is 1. The minimum absolute atomic E-state index is 0.0257. The second kappa shape index (κ2) is 14.6. The molecule has 0 radical (unpaired) electrons. The average molecular weight is 601 g/mol. The van der Waals surface area contributed by atoms with E-state index in [0.29, 0.717) is 16.5 Å². The molecule has 0 atom stereocenters. The lowest BCUT2D eigenvalue weighted by Crippen LogP contribution is -2.06. The molecule has 3 heterocycles. The lowest BCUT2D eigenvalue weighted by Gasteiger charge is -2.08. The highest BCUT2D eigenvalue weighted by Crippen LogP contribution is 2.32. The fourth-order valence-corrected chi connectivity index (χ4v) is 4.90. The van der Waals surface area contributed by atoms with E-state index in [2.05, 4.69) is 36.2 Å². The van der Waals surface area contributed by atoms with Crippen molar-refractivity contribution >= 4 is 29.3 Å². The largest absolute Gasteiger partial charge is 0.497 e. The third-order valence-corrected chi connectivity index (χ3v) is 7.25. The Bertz CT molecular complexity index is 1670. The summed E-state index contributed by atoms with van der Waals surface area (Å²) in [6.45, 7) is 3.98. The quantitative estimate of drug-likeness (QED) is 0.114. The van der Waals surface area contributed by atoms with Crippen LogP contribution in [0.2, 0.25) is 0 Å². The van der Waals surface area contributed by atoms with Gasteiger partial charge in [0, 0.05) is 29.1 Å². The van der Waals surface area contributed by atoms with Crippen molar-refractivity contribution in [2.45, 2.75) is 30.6 Å². The number of aromatic nitrogens is 6. The van der Waals surface area contributed by atoms with Crippen LogP contribution in [0, 0.1) is 13.8 Å². The van der Waals surface area contributed by atoms with Gasteiger partial charge in [-0.3, -0.25) is 9.89 Å². The number of ketones is 1. The second-order valence-corrected chi connectivity index (χ2v) is 10.7.